The molecule has 1 amide bonds. The van der Waals surface area contributed by atoms with Crippen LogP contribution in [0.15, 0.2) is 36.4 Å². The van der Waals surface area contributed by atoms with Gasteiger partial charge in [0.05, 0.1) is 12.6 Å². The number of H-pyrrole nitrogens is 1. The average molecular weight is 260 g/mol. The van der Waals surface area contributed by atoms with Crippen LogP contribution >= 0.6 is 0 Å². The fourth-order valence-electron chi connectivity index (χ4n) is 1.78. The van der Waals surface area contributed by atoms with Crippen molar-refractivity contribution in [1.29, 1.82) is 0 Å². The maximum Gasteiger partial charge on any atom is 0.269 e. The highest BCUT2D eigenvalue weighted by Gasteiger charge is 2.15. The van der Waals surface area contributed by atoms with Crippen LogP contribution in [0.25, 0.3) is 0 Å². The quantitative estimate of drug-likeness (QED) is 0.621. The molecule has 5 N–H and O–H groups in total. The third kappa shape index (κ3) is 3.56. The number of benzene rings is 1. The Kier molecular flexibility index (Phi) is 4.15. The Bertz CT molecular complexity index is 539. The number of nitrogens with two attached hydrogens (primary N) is 1. The topological polar surface area (TPSA) is 104 Å². The van der Waals surface area contributed by atoms with Gasteiger partial charge in [-0.25, -0.2) is 0 Å². The zero-order chi connectivity index (χ0) is 13.7. The van der Waals surface area contributed by atoms with Crippen molar-refractivity contribution in [3.05, 3.63) is 47.7 Å². The summed E-state index contributed by atoms with van der Waals surface area (Å²) in [6.07, 6.45) is 0.562. The van der Waals surface area contributed by atoms with E-state index in [1.807, 2.05) is 30.3 Å². The standard InChI is InChI=1S/C13H16N4O2/c14-12-7-11(16-17-12)13(19)15-10(8-18)6-9-4-2-1-3-5-9/h1-5,7,10,18H,6,8H2,(H,15,19)(H3,14,16,17)/t10-/m0/s1. The van der Waals surface area contributed by atoms with E-state index in [1.165, 1.54) is 6.07 Å². The van der Waals surface area contributed by atoms with E-state index in [2.05, 4.69) is 15.5 Å². The van der Waals surface area contributed by atoms with Crippen LogP contribution in [0.3, 0.4) is 0 Å². The minimum atomic E-state index is -0.348. The van der Waals surface area contributed by atoms with E-state index in [-0.39, 0.29) is 30.1 Å². The Labute approximate surface area is 110 Å². The van der Waals surface area contributed by atoms with Crippen molar-refractivity contribution in [2.45, 2.75) is 12.5 Å². The van der Waals surface area contributed by atoms with E-state index in [0.717, 1.165) is 5.56 Å². The molecule has 2 rings (SSSR count). The van der Waals surface area contributed by atoms with E-state index in [4.69, 9.17) is 5.73 Å². The first kappa shape index (κ1) is 13.1. The number of rotatable bonds is 5. The van der Waals surface area contributed by atoms with Crippen LogP contribution in [0.5, 0.6) is 0 Å². The van der Waals surface area contributed by atoms with Gasteiger partial charge in [-0.05, 0) is 12.0 Å². The molecule has 0 fully saturated rings. The smallest absolute Gasteiger partial charge is 0.269 e. The molecule has 1 aromatic heterocycles. The summed E-state index contributed by atoms with van der Waals surface area (Å²) in [7, 11) is 0. The highest BCUT2D eigenvalue weighted by molar-refractivity contribution is 5.93. The second-order valence-electron chi connectivity index (χ2n) is 4.25. The molecule has 0 saturated heterocycles. The van der Waals surface area contributed by atoms with E-state index in [1.54, 1.807) is 0 Å². The van der Waals surface area contributed by atoms with Gasteiger partial charge in [0.15, 0.2) is 0 Å². The molecule has 0 aliphatic rings. The molecule has 0 unspecified atom stereocenters. The monoisotopic (exact) mass is 260 g/mol. The summed E-state index contributed by atoms with van der Waals surface area (Å²) in [5, 5.41) is 18.3. The summed E-state index contributed by atoms with van der Waals surface area (Å²) in [6, 6.07) is 10.8. The highest BCUT2D eigenvalue weighted by atomic mass is 16.3. The third-order valence-corrected chi connectivity index (χ3v) is 2.72. The Morgan fingerprint density at radius 3 is 2.74 bits per heavy atom. The number of aromatic amines is 1. The van der Waals surface area contributed by atoms with Crippen LogP contribution in [0.2, 0.25) is 0 Å². The van der Waals surface area contributed by atoms with E-state index in [0.29, 0.717) is 6.42 Å². The molecule has 100 valence electrons. The van der Waals surface area contributed by atoms with Gasteiger partial charge in [-0.15, -0.1) is 0 Å². The second-order valence-corrected chi connectivity index (χ2v) is 4.25. The molecule has 0 spiro atoms. The Balaban J connectivity index is 1.97. The van der Waals surface area contributed by atoms with Gasteiger partial charge in [0.2, 0.25) is 0 Å². The number of nitrogen functional groups attached to an aromatic ring is 1. The number of aromatic nitrogens is 2. The molecule has 0 radical (unpaired) electrons. The number of nitrogens with zero attached hydrogens (tertiary/aromatic N) is 1. The molecule has 1 aromatic carbocycles. The predicted molar refractivity (Wildman–Crippen MR) is 71.5 cm³/mol. The van der Waals surface area contributed by atoms with Gasteiger partial charge in [0.25, 0.3) is 5.91 Å². The fourth-order valence-corrected chi connectivity index (χ4v) is 1.78. The summed E-state index contributed by atoms with van der Waals surface area (Å²) in [4.78, 5) is 11.9. The summed E-state index contributed by atoms with van der Waals surface area (Å²) < 4.78 is 0. The molecule has 2 aromatic rings. The number of hydrogen-bond acceptors (Lipinski definition) is 4. The van der Waals surface area contributed by atoms with E-state index >= 15 is 0 Å². The number of aliphatic hydroxyl groups excluding tert-OH is 1. The predicted octanol–water partition coefficient (Wildman–Crippen LogP) is 0.325. The molecule has 0 bridgehead atoms. The minimum Gasteiger partial charge on any atom is -0.394 e. The minimum absolute atomic E-state index is 0.135. The van der Waals surface area contributed by atoms with Gasteiger partial charge in [0, 0.05) is 6.07 Å². The fraction of sp³-hybridized carbons (Fsp3) is 0.231. The van der Waals surface area contributed by atoms with Crippen molar-refractivity contribution < 1.29 is 9.90 Å². The van der Waals surface area contributed by atoms with Gasteiger partial charge < -0.3 is 16.2 Å². The zero-order valence-electron chi connectivity index (χ0n) is 10.3. The molecular weight excluding hydrogens is 244 g/mol. The van der Waals surface area contributed by atoms with Crippen LogP contribution in [-0.4, -0.2) is 33.9 Å². The number of aliphatic hydroxyl groups is 1. The summed E-state index contributed by atoms with van der Waals surface area (Å²) in [5.74, 6) is -0.0760. The van der Waals surface area contributed by atoms with Crippen LogP contribution in [0.1, 0.15) is 16.1 Å². The SMILES string of the molecule is Nc1cc(C(=O)N[C@H](CO)Cc2ccccc2)[nH]n1. The van der Waals surface area contributed by atoms with Crippen molar-refractivity contribution in [3.8, 4) is 0 Å². The molecule has 1 atom stereocenters. The van der Waals surface area contributed by atoms with Crippen LogP contribution in [-0.2, 0) is 6.42 Å². The van der Waals surface area contributed by atoms with Crippen molar-refractivity contribution in [2.75, 3.05) is 12.3 Å². The number of anilines is 1. The first-order chi connectivity index (χ1) is 9.19. The normalized spacial score (nSPS) is 12.1. The van der Waals surface area contributed by atoms with Gasteiger partial charge in [-0.3, -0.25) is 9.89 Å². The number of amides is 1. The largest absolute Gasteiger partial charge is 0.394 e. The van der Waals surface area contributed by atoms with E-state index < -0.39 is 0 Å². The van der Waals surface area contributed by atoms with Crippen molar-refractivity contribution in [2.24, 2.45) is 0 Å². The first-order valence-corrected chi connectivity index (χ1v) is 5.95. The van der Waals surface area contributed by atoms with Crippen LogP contribution in [0, 0.1) is 0 Å². The molecule has 0 saturated carbocycles. The lowest BCUT2D eigenvalue weighted by molar-refractivity contribution is 0.0911. The van der Waals surface area contributed by atoms with Gasteiger partial charge >= 0.3 is 0 Å². The number of carbonyl (C=O) groups is 1. The number of carbonyl (C=O) groups excluding carboxylic acids is 1. The first-order valence-electron chi connectivity index (χ1n) is 5.95. The molecular formula is C13H16N4O2. The van der Waals surface area contributed by atoms with Crippen LogP contribution < -0.4 is 11.1 Å². The highest BCUT2D eigenvalue weighted by Crippen LogP contribution is 2.05. The second kappa shape index (κ2) is 6.01. The maximum atomic E-state index is 11.9. The van der Waals surface area contributed by atoms with Gasteiger partial charge in [-0.1, -0.05) is 30.3 Å². The molecule has 1 heterocycles. The van der Waals surface area contributed by atoms with Crippen molar-refractivity contribution in [3.63, 3.8) is 0 Å². The van der Waals surface area contributed by atoms with Gasteiger partial charge in [0.1, 0.15) is 11.5 Å². The summed E-state index contributed by atoms with van der Waals surface area (Å²) in [6.45, 7) is -0.135. The zero-order valence-corrected chi connectivity index (χ0v) is 10.3. The number of nitrogens with one attached hydrogen (secondary N) is 2. The van der Waals surface area contributed by atoms with Gasteiger partial charge in [-0.2, -0.15) is 5.10 Å². The Hall–Kier alpha value is -2.34. The van der Waals surface area contributed by atoms with E-state index in [9.17, 15) is 9.90 Å². The Morgan fingerprint density at radius 2 is 2.16 bits per heavy atom. The average Bonchev–Trinajstić information content (AvgIpc) is 2.86. The van der Waals surface area contributed by atoms with Crippen LogP contribution in [0.4, 0.5) is 5.82 Å². The van der Waals surface area contributed by atoms with Crippen molar-refractivity contribution >= 4 is 11.7 Å². The van der Waals surface area contributed by atoms with Crippen molar-refractivity contribution in [1.82, 2.24) is 15.5 Å². The molecule has 6 heteroatoms. The lowest BCUT2D eigenvalue weighted by atomic mass is 10.1. The lowest BCUT2D eigenvalue weighted by Crippen LogP contribution is -2.39. The molecule has 0 aliphatic carbocycles. The number of hydrogen-bond donors (Lipinski definition) is 4. The molecule has 0 aliphatic heterocycles. The molecule has 19 heavy (non-hydrogen) atoms. The lowest BCUT2D eigenvalue weighted by Gasteiger charge is -2.15. The maximum absolute atomic E-state index is 11.9. The summed E-state index contributed by atoms with van der Waals surface area (Å²) >= 11 is 0. The molecule has 6 nitrogen and oxygen atoms in total. The Morgan fingerprint density at radius 1 is 1.42 bits per heavy atom. The third-order valence-electron chi connectivity index (χ3n) is 2.72. The summed E-state index contributed by atoms with van der Waals surface area (Å²) in [5.41, 5.74) is 6.76.